The van der Waals surface area contributed by atoms with Gasteiger partial charge in [0.05, 0.1) is 12.7 Å². The average molecular weight is 189 g/mol. The number of carboxylic acid groups (broad SMARTS) is 1. The Morgan fingerprint density at radius 2 is 2.15 bits per heavy atom. The monoisotopic (exact) mass is 189 g/mol. The Morgan fingerprint density at radius 3 is 2.69 bits per heavy atom. The van der Waals surface area contributed by atoms with Crippen molar-refractivity contribution >= 4 is 5.97 Å². The van der Waals surface area contributed by atoms with E-state index in [9.17, 15) is 4.79 Å². The molecule has 0 saturated heterocycles. The summed E-state index contributed by atoms with van der Waals surface area (Å²) >= 11 is 0. The van der Waals surface area contributed by atoms with Gasteiger partial charge in [-0.25, -0.2) is 0 Å². The fourth-order valence-corrected chi connectivity index (χ4v) is 0.856. The lowest BCUT2D eigenvalue weighted by Gasteiger charge is -2.07. The highest BCUT2D eigenvalue weighted by Gasteiger charge is 1.96. The van der Waals surface area contributed by atoms with E-state index in [0.717, 1.165) is 13.1 Å². The summed E-state index contributed by atoms with van der Waals surface area (Å²) in [6.45, 7) is 6.20. The Labute approximate surface area is 79.3 Å². The molecule has 0 atom stereocenters. The number of aliphatic carboxylic acids is 1. The predicted octanol–water partition coefficient (Wildman–Crippen LogP) is 0.866. The molecule has 13 heavy (non-hydrogen) atoms. The minimum Gasteiger partial charge on any atom is -0.481 e. The molecule has 0 unspecified atom stereocenters. The standard InChI is InChI=1S/C9H19NO3/c1-8(2)13-7-6-10-5-3-4-9(11)12/h8,10H,3-7H2,1-2H3,(H,11,12). The molecule has 0 rings (SSSR count). The summed E-state index contributed by atoms with van der Waals surface area (Å²) in [4.78, 5) is 10.1. The normalized spacial score (nSPS) is 10.7. The minimum atomic E-state index is -0.736. The van der Waals surface area contributed by atoms with Gasteiger partial charge in [-0.2, -0.15) is 0 Å². The van der Waals surface area contributed by atoms with E-state index < -0.39 is 5.97 Å². The van der Waals surface area contributed by atoms with E-state index in [0.29, 0.717) is 13.0 Å². The quantitative estimate of drug-likeness (QED) is 0.556. The van der Waals surface area contributed by atoms with E-state index in [2.05, 4.69) is 5.32 Å². The summed E-state index contributed by atoms with van der Waals surface area (Å²) in [7, 11) is 0. The molecule has 0 aliphatic rings. The van der Waals surface area contributed by atoms with Crippen molar-refractivity contribution in [2.45, 2.75) is 32.8 Å². The number of carboxylic acids is 1. The molecule has 0 amide bonds. The summed E-state index contributed by atoms with van der Waals surface area (Å²) in [6.07, 6.45) is 1.18. The first-order valence-corrected chi connectivity index (χ1v) is 4.67. The van der Waals surface area contributed by atoms with Gasteiger partial charge in [-0.3, -0.25) is 4.79 Å². The van der Waals surface area contributed by atoms with Gasteiger partial charge in [-0.05, 0) is 26.8 Å². The van der Waals surface area contributed by atoms with Crippen molar-refractivity contribution in [1.82, 2.24) is 5.32 Å². The highest BCUT2D eigenvalue weighted by molar-refractivity contribution is 5.66. The number of nitrogens with one attached hydrogen (secondary N) is 1. The Kier molecular flexibility index (Phi) is 7.63. The lowest BCUT2D eigenvalue weighted by Crippen LogP contribution is -2.22. The maximum Gasteiger partial charge on any atom is 0.303 e. The molecule has 0 aromatic carbocycles. The van der Waals surface area contributed by atoms with Crippen molar-refractivity contribution in [1.29, 1.82) is 0 Å². The largest absolute Gasteiger partial charge is 0.481 e. The average Bonchev–Trinajstić information content (AvgIpc) is 2.01. The minimum absolute atomic E-state index is 0.234. The third kappa shape index (κ3) is 11.4. The van der Waals surface area contributed by atoms with Crippen LogP contribution < -0.4 is 5.32 Å². The number of hydrogen-bond acceptors (Lipinski definition) is 3. The van der Waals surface area contributed by atoms with E-state index in [1.807, 2.05) is 13.8 Å². The van der Waals surface area contributed by atoms with Crippen LogP contribution >= 0.6 is 0 Å². The number of rotatable bonds is 8. The summed E-state index contributed by atoms with van der Waals surface area (Å²) in [5.41, 5.74) is 0. The lowest BCUT2D eigenvalue weighted by atomic mass is 10.3. The van der Waals surface area contributed by atoms with Crippen LogP contribution in [0.4, 0.5) is 0 Å². The molecule has 0 bridgehead atoms. The van der Waals surface area contributed by atoms with E-state index in [-0.39, 0.29) is 12.5 Å². The van der Waals surface area contributed by atoms with Crippen molar-refractivity contribution in [3.05, 3.63) is 0 Å². The second kappa shape index (κ2) is 8.01. The van der Waals surface area contributed by atoms with E-state index in [1.165, 1.54) is 0 Å². The number of ether oxygens (including phenoxy) is 1. The molecule has 0 heterocycles. The number of hydrogen-bond donors (Lipinski definition) is 2. The lowest BCUT2D eigenvalue weighted by molar-refractivity contribution is -0.137. The van der Waals surface area contributed by atoms with Gasteiger partial charge in [0.1, 0.15) is 0 Å². The first-order chi connectivity index (χ1) is 6.13. The molecular weight excluding hydrogens is 170 g/mol. The van der Waals surface area contributed by atoms with Crippen molar-refractivity contribution in [2.75, 3.05) is 19.7 Å². The Balaban J connectivity index is 2.96. The van der Waals surface area contributed by atoms with Crippen LogP contribution in [-0.2, 0) is 9.53 Å². The van der Waals surface area contributed by atoms with Crippen molar-refractivity contribution in [2.24, 2.45) is 0 Å². The Morgan fingerprint density at radius 1 is 1.46 bits per heavy atom. The fourth-order valence-electron chi connectivity index (χ4n) is 0.856. The molecule has 78 valence electrons. The summed E-state index contributed by atoms with van der Waals surface area (Å²) in [6, 6.07) is 0. The first kappa shape index (κ1) is 12.4. The second-order valence-corrected chi connectivity index (χ2v) is 3.17. The summed E-state index contributed by atoms with van der Waals surface area (Å²) in [5.74, 6) is -0.736. The fraction of sp³-hybridized carbons (Fsp3) is 0.889. The van der Waals surface area contributed by atoms with Crippen LogP contribution in [-0.4, -0.2) is 36.9 Å². The van der Waals surface area contributed by atoms with Crippen molar-refractivity contribution in [3.8, 4) is 0 Å². The molecule has 0 aliphatic carbocycles. The molecule has 0 spiro atoms. The molecule has 0 radical (unpaired) electrons. The Hall–Kier alpha value is -0.610. The second-order valence-electron chi connectivity index (χ2n) is 3.17. The van der Waals surface area contributed by atoms with Gasteiger partial charge in [0.15, 0.2) is 0 Å². The van der Waals surface area contributed by atoms with Crippen LogP contribution in [0.2, 0.25) is 0 Å². The summed E-state index contributed by atoms with van der Waals surface area (Å²) in [5, 5.41) is 11.4. The highest BCUT2D eigenvalue weighted by Crippen LogP contribution is 1.87. The predicted molar refractivity (Wildman–Crippen MR) is 50.8 cm³/mol. The van der Waals surface area contributed by atoms with Gasteiger partial charge in [-0.15, -0.1) is 0 Å². The summed E-state index contributed by atoms with van der Waals surface area (Å²) < 4.78 is 5.29. The molecule has 0 aromatic rings. The van der Waals surface area contributed by atoms with Crippen LogP contribution in [0.15, 0.2) is 0 Å². The zero-order chi connectivity index (χ0) is 10.1. The molecule has 4 heteroatoms. The molecule has 0 fully saturated rings. The van der Waals surface area contributed by atoms with Crippen LogP contribution in [0.25, 0.3) is 0 Å². The molecular formula is C9H19NO3. The Bertz CT molecular complexity index is 137. The van der Waals surface area contributed by atoms with Gasteiger partial charge in [-0.1, -0.05) is 0 Å². The van der Waals surface area contributed by atoms with Gasteiger partial charge in [0.25, 0.3) is 0 Å². The zero-order valence-corrected chi connectivity index (χ0v) is 8.38. The maximum absolute atomic E-state index is 10.1. The van der Waals surface area contributed by atoms with E-state index >= 15 is 0 Å². The van der Waals surface area contributed by atoms with E-state index in [1.54, 1.807) is 0 Å². The molecule has 4 nitrogen and oxygen atoms in total. The zero-order valence-electron chi connectivity index (χ0n) is 8.38. The maximum atomic E-state index is 10.1. The van der Waals surface area contributed by atoms with E-state index in [4.69, 9.17) is 9.84 Å². The third-order valence-electron chi connectivity index (χ3n) is 1.47. The smallest absolute Gasteiger partial charge is 0.303 e. The topological polar surface area (TPSA) is 58.6 Å². The van der Waals surface area contributed by atoms with Crippen molar-refractivity contribution < 1.29 is 14.6 Å². The molecule has 0 saturated carbocycles. The molecule has 0 aromatic heterocycles. The highest BCUT2D eigenvalue weighted by atomic mass is 16.5. The number of carbonyl (C=O) groups is 1. The first-order valence-electron chi connectivity index (χ1n) is 4.67. The van der Waals surface area contributed by atoms with Gasteiger partial charge in [0, 0.05) is 13.0 Å². The molecule has 0 aliphatic heterocycles. The van der Waals surface area contributed by atoms with Crippen LogP contribution in [0.1, 0.15) is 26.7 Å². The van der Waals surface area contributed by atoms with Gasteiger partial charge < -0.3 is 15.2 Å². The van der Waals surface area contributed by atoms with Gasteiger partial charge >= 0.3 is 5.97 Å². The molecule has 2 N–H and O–H groups in total. The SMILES string of the molecule is CC(C)OCCNCCCC(=O)O. The third-order valence-corrected chi connectivity index (χ3v) is 1.47. The van der Waals surface area contributed by atoms with Crippen LogP contribution in [0, 0.1) is 0 Å². The van der Waals surface area contributed by atoms with Crippen molar-refractivity contribution in [3.63, 3.8) is 0 Å². The van der Waals surface area contributed by atoms with Crippen LogP contribution in [0.5, 0.6) is 0 Å². The van der Waals surface area contributed by atoms with Gasteiger partial charge in [0.2, 0.25) is 0 Å². The van der Waals surface area contributed by atoms with Crippen LogP contribution in [0.3, 0.4) is 0 Å².